The Labute approximate surface area is 109 Å². The molecule has 1 aliphatic heterocycles. The molecule has 1 amide bonds. The average Bonchev–Trinajstić information content (AvgIpc) is 2.46. The van der Waals surface area contributed by atoms with Crippen molar-refractivity contribution in [1.29, 1.82) is 0 Å². The molecule has 0 aromatic heterocycles. The van der Waals surface area contributed by atoms with Crippen LogP contribution in [-0.4, -0.2) is 37.0 Å². The van der Waals surface area contributed by atoms with E-state index >= 15 is 0 Å². The summed E-state index contributed by atoms with van der Waals surface area (Å²) in [7, 11) is 0. The highest BCUT2D eigenvalue weighted by molar-refractivity contribution is 5.78. The van der Waals surface area contributed by atoms with Gasteiger partial charge in [0.05, 0.1) is 6.54 Å². The monoisotopic (exact) mass is 246 g/mol. The summed E-state index contributed by atoms with van der Waals surface area (Å²) in [5.41, 5.74) is 1.41. The molecule has 0 unspecified atom stereocenters. The highest BCUT2D eigenvalue weighted by atomic mass is 16.2. The van der Waals surface area contributed by atoms with Crippen molar-refractivity contribution in [2.24, 2.45) is 0 Å². The summed E-state index contributed by atoms with van der Waals surface area (Å²) in [5, 5.41) is 3.10. The number of amides is 1. The van der Waals surface area contributed by atoms with Gasteiger partial charge in [0.2, 0.25) is 5.91 Å². The van der Waals surface area contributed by atoms with Crippen molar-refractivity contribution in [2.75, 3.05) is 26.2 Å². The molecule has 98 valence electrons. The van der Waals surface area contributed by atoms with E-state index in [1.54, 1.807) is 0 Å². The Morgan fingerprint density at radius 1 is 1.28 bits per heavy atom. The molecule has 1 aromatic carbocycles. The van der Waals surface area contributed by atoms with E-state index in [9.17, 15) is 4.79 Å². The van der Waals surface area contributed by atoms with Gasteiger partial charge in [-0.05, 0) is 30.9 Å². The SMILES string of the molecule is CCNCC(=O)N1CCC(c2ccccc2)CC1. The van der Waals surface area contributed by atoms with Crippen LogP contribution in [0.5, 0.6) is 0 Å². The third-order valence-electron chi connectivity index (χ3n) is 3.64. The predicted octanol–water partition coefficient (Wildman–Crippen LogP) is 2.00. The van der Waals surface area contributed by atoms with Crippen LogP contribution in [0, 0.1) is 0 Å². The van der Waals surface area contributed by atoms with Gasteiger partial charge in [-0.2, -0.15) is 0 Å². The normalized spacial score (nSPS) is 16.8. The van der Waals surface area contributed by atoms with E-state index in [2.05, 4.69) is 35.6 Å². The highest BCUT2D eigenvalue weighted by Crippen LogP contribution is 2.27. The van der Waals surface area contributed by atoms with E-state index in [1.165, 1.54) is 5.56 Å². The Morgan fingerprint density at radius 3 is 2.56 bits per heavy atom. The average molecular weight is 246 g/mol. The smallest absolute Gasteiger partial charge is 0.236 e. The van der Waals surface area contributed by atoms with E-state index in [-0.39, 0.29) is 5.91 Å². The maximum atomic E-state index is 11.9. The van der Waals surface area contributed by atoms with Gasteiger partial charge in [-0.25, -0.2) is 0 Å². The van der Waals surface area contributed by atoms with Crippen molar-refractivity contribution in [3.63, 3.8) is 0 Å². The zero-order chi connectivity index (χ0) is 12.8. The number of rotatable bonds is 4. The van der Waals surface area contributed by atoms with Crippen molar-refractivity contribution in [1.82, 2.24) is 10.2 Å². The number of likely N-dealkylation sites (tertiary alicyclic amines) is 1. The minimum absolute atomic E-state index is 0.239. The zero-order valence-electron chi connectivity index (χ0n) is 11.1. The summed E-state index contributed by atoms with van der Waals surface area (Å²) in [6, 6.07) is 10.6. The minimum Gasteiger partial charge on any atom is -0.342 e. The first kappa shape index (κ1) is 13.1. The summed E-state index contributed by atoms with van der Waals surface area (Å²) in [5.74, 6) is 0.859. The lowest BCUT2D eigenvalue weighted by Crippen LogP contribution is -2.42. The van der Waals surface area contributed by atoms with Crippen LogP contribution in [0.3, 0.4) is 0 Å². The molecule has 0 atom stereocenters. The maximum Gasteiger partial charge on any atom is 0.236 e. The van der Waals surface area contributed by atoms with Crippen LogP contribution < -0.4 is 5.32 Å². The molecule has 1 aromatic rings. The van der Waals surface area contributed by atoms with Gasteiger partial charge in [-0.1, -0.05) is 37.3 Å². The van der Waals surface area contributed by atoms with Crippen molar-refractivity contribution in [2.45, 2.75) is 25.7 Å². The summed E-state index contributed by atoms with van der Waals surface area (Å²) in [4.78, 5) is 13.9. The van der Waals surface area contributed by atoms with Gasteiger partial charge < -0.3 is 10.2 Å². The van der Waals surface area contributed by atoms with Crippen molar-refractivity contribution in [3.8, 4) is 0 Å². The molecular formula is C15H22N2O. The van der Waals surface area contributed by atoms with Gasteiger partial charge in [0.15, 0.2) is 0 Å². The molecule has 3 nitrogen and oxygen atoms in total. The zero-order valence-corrected chi connectivity index (χ0v) is 11.1. The second-order valence-corrected chi connectivity index (χ2v) is 4.85. The molecule has 3 heteroatoms. The van der Waals surface area contributed by atoms with E-state index < -0.39 is 0 Å². The van der Waals surface area contributed by atoms with Crippen molar-refractivity contribution in [3.05, 3.63) is 35.9 Å². The van der Waals surface area contributed by atoms with E-state index in [0.717, 1.165) is 32.5 Å². The minimum atomic E-state index is 0.239. The number of carbonyl (C=O) groups is 1. The first-order valence-corrected chi connectivity index (χ1v) is 6.84. The third-order valence-corrected chi connectivity index (χ3v) is 3.64. The number of nitrogens with zero attached hydrogens (tertiary/aromatic N) is 1. The molecule has 1 N–H and O–H groups in total. The summed E-state index contributed by atoms with van der Waals surface area (Å²) >= 11 is 0. The van der Waals surface area contributed by atoms with E-state index in [1.807, 2.05) is 11.8 Å². The third kappa shape index (κ3) is 3.33. The molecule has 0 spiro atoms. The molecule has 0 bridgehead atoms. The van der Waals surface area contributed by atoms with E-state index in [4.69, 9.17) is 0 Å². The molecule has 1 saturated heterocycles. The van der Waals surface area contributed by atoms with Crippen LogP contribution in [0.4, 0.5) is 0 Å². The van der Waals surface area contributed by atoms with Crippen LogP contribution in [0.25, 0.3) is 0 Å². The molecular weight excluding hydrogens is 224 g/mol. The Balaban J connectivity index is 1.83. The van der Waals surface area contributed by atoms with Gasteiger partial charge >= 0.3 is 0 Å². The van der Waals surface area contributed by atoms with Gasteiger partial charge in [-0.3, -0.25) is 4.79 Å². The Morgan fingerprint density at radius 2 is 1.94 bits per heavy atom. The molecule has 0 aliphatic carbocycles. The topological polar surface area (TPSA) is 32.3 Å². The summed E-state index contributed by atoms with van der Waals surface area (Å²) in [6.07, 6.45) is 2.17. The number of carbonyl (C=O) groups excluding carboxylic acids is 1. The highest BCUT2D eigenvalue weighted by Gasteiger charge is 2.23. The Kier molecular flexibility index (Phi) is 4.76. The lowest BCUT2D eigenvalue weighted by Gasteiger charge is -2.32. The van der Waals surface area contributed by atoms with Gasteiger partial charge in [0, 0.05) is 13.1 Å². The number of hydrogen-bond donors (Lipinski definition) is 1. The molecule has 0 radical (unpaired) electrons. The predicted molar refractivity (Wildman–Crippen MR) is 73.5 cm³/mol. The van der Waals surface area contributed by atoms with Crippen molar-refractivity contribution < 1.29 is 4.79 Å². The van der Waals surface area contributed by atoms with Crippen LogP contribution >= 0.6 is 0 Å². The van der Waals surface area contributed by atoms with Gasteiger partial charge in [0.25, 0.3) is 0 Å². The van der Waals surface area contributed by atoms with Crippen LogP contribution in [0.2, 0.25) is 0 Å². The lowest BCUT2D eigenvalue weighted by atomic mass is 9.89. The number of hydrogen-bond acceptors (Lipinski definition) is 2. The van der Waals surface area contributed by atoms with Crippen LogP contribution in [0.15, 0.2) is 30.3 Å². The fourth-order valence-electron chi connectivity index (χ4n) is 2.53. The number of piperidine rings is 1. The van der Waals surface area contributed by atoms with Gasteiger partial charge in [0.1, 0.15) is 0 Å². The Bertz CT molecular complexity index is 369. The maximum absolute atomic E-state index is 11.9. The lowest BCUT2D eigenvalue weighted by molar-refractivity contribution is -0.131. The van der Waals surface area contributed by atoms with Crippen molar-refractivity contribution >= 4 is 5.91 Å². The number of benzene rings is 1. The molecule has 1 aliphatic rings. The molecule has 1 fully saturated rings. The fourth-order valence-corrected chi connectivity index (χ4v) is 2.53. The second-order valence-electron chi connectivity index (χ2n) is 4.85. The van der Waals surface area contributed by atoms with Crippen LogP contribution in [-0.2, 0) is 4.79 Å². The molecule has 18 heavy (non-hydrogen) atoms. The summed E-state index contributed by atoms with van der Waals surface area (Å²) in [6.45, 7) is 5.14. The fraction of sp³-hybridized carbons (Fsp3) is 0.533. The molecule has 0 saturated carbocycles. The largest absolute Gasteiger partial charge is 0.342 e. The summed E-state index contributed by atoms with van der Waals surface area (Å²) < 4.78 is 0. The number of likely N-dealkylation sites (N-methyl/N-ethyl adjacent to an activating group) is 1. The second kappa shape index (κ2) is 6.55. The molecule has 2 rings (SSSR count). The quantitative estimate of drug-likeness (QED) is 0.881. The number of nitrogens with one attached hydrogen (secondary N) is 1. The Hall–Kier alpha value is -1.35. The first-order chi connectivity index (χ1) is 8.81. The van der Waals surface area contributed by atoms with Crippen LogP contribution in [0.1, 0.15) is 31.2 Å². The van der Waals surface area contributed by atoms with Gasteiger partial charge in [-0.15, -0.1) is 0 Å². The molecule has 1 heterocycles. The van der Waals surface area contributed by atoms with E-state index in [0.29, 0.717) is 12.5 Å². The standard InChI is InChI=1S/C15H22N2O/c1-2-16-12-15(18)17-10-8-14(9-11-17)13-6-4-3-5-7-13/h3-7,14,16H,2,8-12H2,1H3. The first-order valence-electron chi connectivity index (χ1n) is 6.84.